The summed E-state index contributed by atoms with van der Waals surface area (Å²) in [5, 5.41) is 18.5. The van der Waals surface area contributed by atoms with Gasteiger partial charge in [0.15, 0.2) is 0 Å². The van der Waals surface area contributed by atoms with E-state index in [0.29, 0.717) is 32.7 Å². The maximum Gasteiger partial charge on any atom is 0.326 e. The number of carbonyl (C=O) groups is 2. The molecule has 27 heavy (non-hydrogen) atoms. The van der Waals surface area contributed by atoms with Gasteiger partial charge in [-0.3, -0.25) is 0 Å². The number of rotatable bonds is 4. The molecular weight excluding hydrogens is 393 g/mol. The van der Waals surface area contributed by atoms with Crippen LogP contribution < -0.4 is 20.7 Å². The van der Waals surface area contributed by atoms with E-state index in [1.54, 1.807) is 36.4 Å². The molecule has 2 aromatic rings. The lowest BCUT2D eigenvalue weighted by Crippen LogP contribution is -2.42. The van der Waals surface area contributed by atoms with Crippen molar-refractivity contribution in [3.8, 4) is 5.75 Å². The number of carboxylic acids is 1. The Hall–Kier alpha value is -2.64. The van der Waals surface area contributed by atoms with Crippen LogP contribution in [0.25, 0.3) is 0 Å². The molecule has 2 aromatic carbocycles. The van der Waals surface area contributed by atoms with Gasteiger partial charge in [0.25, 0.3) is 0 Å². The van der Waals surface area contributed by atoms with Crippen molar-refractivity contribution in [2.24, 2.45) is 0 Å². The maximum absolute atomic E-state index is 12.5. The standard InChI is InChI=1S/C18H17Cl2N3O4/c1-27-15-5-3-2-4-11(15)22-18(26)23-13-8-14(17(24)25)21-12-7-9(19)6-10(20)16(12)13/h2-7,13-14,21H,8H2,1H3,(H,24,25)(H2,22,23,26)/t13-,14+/m0/s1. The van der Waals surface area contributed by atoms with Crippen LogP contribution in [-0.2, 0) is 4.79 Å². The van der Waals surface area contributed by atoms with Gasteiger partial charge in [-0.1, -0.05) is 35.3 Å². The van der Waals surface area contributed by atoms with Gasteiger partial charge < -0.3 is 25.8 Å². The third-order valence-corrected chi connectivity index (χ3v) is 4.73. The number of halogens is 2. The summed E-state index contributed by atoms with van der Waals surface area (Å²) >= 11 is 12.3. The molecule has 142 valence electrons. The summed E-state index contributed by atoms with van der Waals surface area (Å²) in [6, 6.07) is 8.10. The Balaban J connectivity index is 1.85. The van der Waals surface area contributed by atoms with Gasteiger partial charge in [-0.15, -0.1) is 0 Å². The highest BCUT2D eigenvalue weighted by atomic mass is 35.5. The average Bonchev–Trinajstić information content (AvgIpc) is 2.61. The first-order chi connectivity index (χ1) is 12.9. The summed E-state index contributed by atoms with van der Waals surface area (Å²) in [5.41, 5.74) is 1.56. The summed E-state index contributed by atoms with van der Waals surface area (Å²) in [6.07, 6.45) is 0.128. The van der Waals surface area contributed by atoms with E-state index in [4.69, 9.17) is 27.9 Å². The number of hydrogen-bond acceptors (Lipinski definition) is 4. The predicted molar refractivity (Wildman–Crippen MR) is 104 cm³/mol. The van der Waals surface area contributed by atoms with E-state index in [2.05, 4.69) is 16.0 Å². The molecule has 0 bridgehead atoms. The number of fused-ring (bicyclic) bond motifs is 1. The first kappa shape index (κ1) is 19.1. The first-order valence-corrected chi connectivity index (χ1v) is 8.83. The Labute approximate surface area is 165 Å². The minimum Gasteiger partial charge on any atom is -0.495 e. The molecule has 1 heterocycles. The van der Waals surface area contributed by atoms with Gasteiger partial charge >= 0.3 is 12.0 Å². The number of para-hydroxylation sites is 2. The van der Waals surface area contributed by atoms with E-state index < -0.39 is 24.1 Å². The lowest BCUT2D eigenvalue weighted by molar-refractivity contribution is -0.138. The molecular formula is C18H17Cl2N3O4. The van der Waals surface area contributed by atoms with E-state index in [9.17, 15) is 14.7 Å². The zero-order chi connectivity index (χ0) is 19.6. The number of ether oxygens (including phenoxy) is 1. The van der Waals surface area contributed by atoms with Crippen LogP contribution in [0.1, 0.15) is 18.0 Å². The molecule has 9 heteroatoms. The van der Waals surface area contributed by atoms with Crippen LogP contribution in [0.2, 0.25) is 10.0 Å². The van der Waals surface area contributed by atoms with Crippen LogP contribution in [0.15, 0.2) is 36.4 Å². The van der Waals surface area contributed by atoms with Crippen molar-refractivity contribution in [3.63, 3.8) is 0 Å². The fraction of sp³-hybridized carbons (Fsp3) is 0.222. The minimum absolute atomic E-state index is 0.128. The molecule has 0 aromatic heterocycles. The van der Waals surface area contributed by atoms with Gasteiger partial charge in [0.1, 0.15) is 11.8 Å². The number of nitrogens with one attached hydrogen (secondary N) is 3. The van der Waals surface area contributed by atoms with E-state index in [1.165, 1.54) is 7.11 Å². The number of aliphatic carboxylic acids is 1. The number of amides is 2. The number of benzene rings is 2. The van der Waals surface area contributed by atoms with E-state index >= 15 is 0 Å². The van der Waals surface area contributed by atoms with Crippen LogP contribution in [-0.4, -0.2) is 30.3 Å². The third kappa shape index (κ3) is 4.20. The van der Waals surface area contributed by atoms with Crippen molar-refractivity contribution in [1.82, 2.24) is 5.32 Å². The molecule has 0 radical (unpaired) electrons. The van der Waals surface area contributed by atoms with Gasteiger partial charge in [-0.25, -0.2) is 9.59 Å². The SMILES string of the molecule is COc1ccccc1NC(=O)N[C@H]1C[C@H](C(=O)O)Nc2cc(Cl)cc(Cl)c21. The van der Waals surface area contributed by atoms with Crippen molar-refractivity contribution in [1.29, 1.82) is 0 Å². The summed E-state index contributed by atoms with van der Waals surface area (Å²) in [6.45, 7) is 0. The Morgan fingerprint density at radius 1 is 1.26 bits per heavy atom. The van der Waals surface area contributed by atoms with Crippen LogP contribution in [0.4, 0.5) is 16.2 Å². The zero-order valence-electron chi connectivity index (χ0n) is 14.3. The minimum atomic E-state index is -1.03. The highest BCUT2D eigenvalue weighted by molar-refractivity contribution is 6.35. The topological polar surface area (TPSA) is 99.7 Å². The number of hydrogen-bond donors (Lipinski definition) is 4. The van der Waals surface area contributed by atoms with Gasteiger partial charge in [0, 0.05) is 27.7 Å². The summed E-state index contributed by atoms with van der Waals surface area (Å²) in [4.78, 5) is 24.0. The second-order valence-corrected chi connectivity index (χ2v) is 6.81. The Morgan fingerprint density at radius 2 is 2.00 bits per heavy atom. The quantitative estimate of drug-likeness (QED) is 0.608. The molecule has 7 nitrogen and oxygen atoms in total. The van der Waals surface area contributed by atoms with Crippen molar-refractivity contribution >= 4 is 46.6 Å². The predicted octanol–water partition coefficient (Wildman–Crippen LogP) is 4.13. The third-order valence-electron chi connectivity index (χ3n) is 4.20. The molecule has 0 aliphatic carbocycles. The Morgan fingerprint density at radius 3 is 2.70 bits per heavy atom. The molecule has 1 aliphatic rings. The van der Waals surface area contributed by atoms with Crippen molar-refractivity contribution in [3.05, 3.63) is 52.0 Å². The second kappa shape index (κ2) is 7.94. The number of carbonyl (C=O) groups excluding carboxylic acids is 1. The van der Waals surface area contributed by atoms with Crippen molar-refractivity contribution in [2.45, 2.75) is 18.5 Å². The highest BCUT2D eigenvalue weighted by Crippen LogP contribution is 2.40. The lowest BCUT2D eigenvalue weighted by atomic mass is 9.93. The van der Waals surface area contributed by atoms with Crippen LogP contribution in [0.3, 0.4) is 0 Å². The van der Waals surface area contributed by atoms with Gasteiger partial charge in [-0.05, 0) is 24.3 Å². The summed E-state index contributed by atoms with van der Waals surface area (Å²) in [5.74, 6) is -0.528. The monoisotopic (exact) mass is 409 g/mol. The summed E-state index contributed by atoms with van der Waals surface area (Å²) < 4.78 is 5.21. The Bertz CT molecular complexity index is 891. The van der Waals surface area contributed by atoms with Gasteiger partial charge in [0.05, 0.1) is 18.8 Å². The molecule has 3 rings (SSSR count). The lowest BCUT2D eigenvalue weighted by Gasteiger charge is -2.32. The average molecular weight is 410 g/mol. The molecule has 4 N–H and O–H groups in total. The van der Waals surface area contributed by atoms with E-state index in [-0.39, 0.29) is 6.42 Å². The molecule has 1 aliphatic heterocycles. The van der Waals surface area contributed by atoms with Gasteiger partial charge in [0.2, 0.25) is 0 Å². The molecule has 0 saturated carbocycles. The normalized spacial score (nSPS) is 18.0. The zero-order valence-corrected chi connectivity index (χ0v) is 15.8. The van der Waals surface area contributed by atoms with E-state index in [0.717, 1.165) is 0 Å². The molecule has 0 spiro atoms. The van der Waals surface area contributed by atoms with Crippen molar-refractivity contribution in [2.75, 3.05) is 17.7 Å². The number of carboxylic acid groups (broad SMARTS) is 1. The number of methoxy groups -OCH3 is 1. The van der Waals surface area contributed by atoms with Crippen LogP contribution in [0, 0.1) is 0 Å². The second-order valence-electron chi connectivity index (χ2n) is 5.97. The van der Waals surface area contributed by atoms with Crippen LogP contribution in [0.5, 0.6) is 5.75 Å². The largest absolute Gasteiger partial charge is 0.495 e. The van der Waals surface area contributed by atoms with Gasteiger partial charge in [-0.2, -0.15) is 0 Å². The van der Waals surface area contributed by atoms with E-state index in [1.807, 2.05) is 0 Å². The molecule has 2 atom stereocenters. The number of urea groups is 1. The summed E-state index contributed by atoms with van der Waals surface area (Å²) in [7, 11) is 1.50. The molecule has 2 amide bonds. The smallest absolute Gasteiger partial charge is 0.326 e. The first-order valence-electron chi connectivity index (χ1n) is 8.08. The fourth-order valence-corrected chi connectivity index (χ4v) is 3.64. The molecule has 0 unspecified atom stereocenters. The molecule has 0 fully saturated rings. The Kier molecular flexibility index (Phi) is 5.62. The van der Waals surface area contributed by atoms with Crippen molar-refractivity contribution < 1.29 is 19.4 Å². The fourth-order valence-electron chi connectivity index (χ4n) is 3.02. The maximum atomic E-state index is 12.5. The van der Waals surface area contributed by atoms with Crippen LogP contribution >= 0.6 is 23.2 Å². The molecule has 0 saturated heterocycles. The number of anilines is 2. The highest BCUT2D eigenvalue weighted by Gasteiger charge is 2.33.